The number of methoxy groups -OCH3 is 1. The number of ether oxygens (including phenoxy) is 1. The Morgan fingerprint density at radius 3 is 2.30 bits per heavy atom. The molecule has 0 spiro atoms. The molecular weight excluding hydrogens is 324 g/mol. The lowest BCUT2D eigenvalue weighted by molar-refractivity contribution is -0.144. The number of hydrogen-bond donors (Lipinski definition) is 2. The van der Waals surface area contributed by atoms with E-state index in [4.69, 9.17) is 0 Å². The first-order chi connectivity index (χ1) is 10.8. The quantitative estimate of drug-likeness (QED) is 0.630. The van der Waals surface area contributed by atoms with Gasteiger partial charge in [0.25, 0.3) is 0 Å². The van der Waals surface area contributed by atoms with Gasteiger partial charge in [-0.05, 0) is 18.9 Å². The molecule has 0 radical (unpaired) electrons. The first-order valence-electron chi connectivity index (χ1n) is 6.79. The van der Waals surface area contributed by atoms with Gasteiger partial charge in [-0.2, -0.15) is 13.1 Å². The fourth-order valence-corrected chi connectivity index (χ4v) is 2.44. The molecule has 1 aromatic rings. The topological polar surface area (TPSA) is 111 Å². The molecule has 0 aliphatic rings. The predicted octanol–water partition coefficient (Wildman–Crippen LogP) is -0.244. The number of benzene rings is 1. The Morgan fingerprint density at radius 2 is 1.78 bits per heavy atom. The molecule has 0 aliphatic carbocycles. The van der Waals surface area contributed by atoms with E-state index in [2.05, 4.69) is 19.0 Å². The van der Waals surface area contributed by atoms with Crippen molar-refractivity contribution in [3.05, 3.63) is 35.9 Å². The van der Waals surface area contributed by atoms with E-state index in [1.54, 1.807) is 30.3 Å². The summed E-state index contributed by atoms with van der Waals surface area (Å²) in [5, 5.41) is 2.40. The molecular formula is C14H20N2O6S. The molecule has 0 saturated heterocycles. The fourth-order valence-electron chi connectivity index (χ4n) is 1.81. The molecule has 1 rings (SSSR count). The van der Waals surface area contributed by atoms with E-state index in [0.717, 1.165) is 12.7 Å². The lowest BCUT2D eigenvalue weighted by atomic mass is 10.1. The molecule has 0 fully saturated rings. The molecule has 0 aromatic heterocycles. The van der Waals surface area contributed by atoms with Crippen molar-refractivity contribution in [3.8, 4) is 0 Å². The van der Waals surface area contributed by atoms with Crippen LogP contribution in [0.15, 0.2) is 30.3 Å². The zero-order valence-corrected chi connectivity index (χ0v) is 13.9. The first kappa shape index (κ1) is 19.1. The summed E-state index contributed by atoms with van der Waals surface area (Å²) >= 11 is 0. The molecule has 2 atom stereocenters. The van der Waals surface area contributed by atoms with Crippen LogP contribution in [-0.4, -0.2) is 46.6 Å². The molecule has 23 heavy (non-hydrogen) atoms. The zero-order valence-electron chi connectivity index (χ0n) is 13.1. The molecule has 1 amide bonds. The maximum atomic E-state index is 12.3. The van der Waals surface area contributed by atoms with Gasteiger partial charge in [-0.25, -0.2) is 4.79 Å². The van der Waals surface area contributed by atoms with Crippen molar-refractivity contribution in [3.63, 3.8) is 0 Å². The Labute approximate surface area is 135 Å². The largest absolute Gasteiger partial charge is 0.467 e. The Bertz CT molecular complexity index is 632. The summed E-state index contributed by atoms with van der Waals surface area (Å²) in [6, 6.07) is 6.82. The molecule has 1 aromatic carbocycles. The van der Waals surface area contributed by atoms with Crippen molar-refractivity contribution < 1.29 is 26.9 Å². The number of esters is 1. The number of amides is 1. The SMILES string of the molecule is COC(=O)C(C)NC(=O)[C@H](Cc1ccccc1)NS(=O)(=O)OC. The summed E-state index contributed by atoms with van der Waals surface area (Å²) in [4.78, 5) is 23.6. The van der Waals surface area contributed by atoms with E-state index in [0.29, 0.717) is 0 Å². The van der Waals surface area contributed by atoms with Crippen LogP contribution in [0.5, 0.6) is 0 Å². The van der Waals surface area contributed by atoms with Crippen molar-refractivity contribution in [2.24, 2.45) is 0 Å². The van der Waals surface area contributed by atoms with Crippen molar-refractivity contribution in [1.82, 2.24) is 10.0 Å². The highest BCUT2D eigenvalue weighted by Gasteiger charge is 2.27. The van der Waals surface area contributed by atoms with E-state index >= 15 is 0 Å². The van der Waals surface area contributed by atoms with Crippen molar-refractivity contribution in [2.45, 2.75) is 25.4 Å². The van der Waals surface area contributed by atoms with Gasteiger partial charge in [-0.3, -0.25) is 8.98 Å². The second-order valence-corrected chi connectivity index (χ2v) is 6.21. The third-order valence-electron chi connectivity index (χ3n) is 3.02. The normalized spacial score (nSPS) is 13.9. The summed E-state index contributed by atoms with van der Waals surface area (Å²) in [6.45, 7) is 1.44. The number of hydrogen-bond acceptors (Lipinski definition) is 6. The van der Waals surface area contributed by atoms with Gasteiger partial charge in [0, 0.05) is 0 Å². The van der Waals surface area contributed by atoms with Crippen LogP contribution in [0.25, 0.3) is 0 Å². The van der Waals surface area contributed by atoms with Crippen LogP contribution >= 0.6 is 0 Å². The van der Waals surface area contributed by atoms with Gasteiger partial charge in [0.05, 0.1) is 14.2 Å². The summed E-state index contributed by atoms with van der Waals surface area (Å²) in [5.41, 5.74) is 0.747. The van der Waals surface area contributed by atoms with Gasteiger partial charge in [0.2, 0.25) is 5.91 Å². The van der Waals surface area contributed by atoms with E-state index in [9.17, 15) is 18.0 Å². The second-order valence-electron chi connectivity index (χ2n) is 4.73. The minimum Gasteiger partial charge on any atom is -0.467 e. The predicted molar refractivity (Wildman–Crippen MR) is 82.6 cm³/mol. The molecule has 0 saturated carbocycles. The van der Waals surface area contributed by atoms with Crippen LogP contribution in [0.2, 0.25) is 0 Å². The van der Waals surface area contributed by atoms with Crippen LogP contribution in [0, 0.1) is 0 Å². The average Bonchev–Trinajstić information content (AvgIpc) is 2.54. The smallest absolute Gasteiger partial charge is 0.336 e. The maximum absolute atomic E-state index is 12.3. The van der Waals surface area contributed by atoms with Crippen molar-refractivity contribution >= 4 is 22.2 Å². The van der Waals surface area contributed by atoms with Gasteiger partial charge >= 0.3 is 16.3 Å². The lowest BCUT2D eigenvalue weighted by Gasteiger charge is -2.20. The standard InChI is InChI=1S/C14H20N2O6S/c1-10(14(18)21-2)15-13(17)12(16-23(19,20)22-3)9-11-7-5-4-6-8-11/h4-8,10,12,16H,9H2,1-3H3,(H,15,17)/t10?,12-/m0/s1. The number of rotatable bonds is 8. The second kappa shape index (κ2) is 8.61. The number of nitrogens with one attached hydrogen (secondary N) is 2. The van der Waals surface area contributed by atoms with Gasteiger partial charge in [-0.15, -0.1) is 0 Å². The number of carbonyl (C=O) groups is 2. The van der Waals surface area contributed by atoms with Crippen molar-refractivity contribution in [1.29, 1.82) is 0 Å². The summed E-state index contributed by atoms with van der Waals surface area (Å²) in [5.74, 6) is -1.29. The molecule has 128 valence electrons. The summed E-state index contributed by atoms with van der Waals surface area (Å²) in [7, 11) is -1.89. The Hall–Kier alpha value is -1.97. The molecule has 9 heteroatoms. The molecule has 2 N–H and O–H groups in total. The lowest BCUT2D eigenvalue weighted by Crippen LogP contribution is -2.52. The van der Waals surface area contributed by atoms with E-state index in [1.807, 2.05) is 0 Å². The highest BCUT2D eigenvalue weighted by Crippen LogP contribution is 2.05. The molecule has 0 bridgehead atoms. The first-order valence-corrected chi connectivity index (χ1v) is 8.20. The van der Waals surface area contributed by atoms with E-state index in [-0.39, 0.29) is 6.42 Å². The Kier molecular flexibility index (Phi) is 7.14. The van der Waals surface area contributed by atoms with Crippen LogP contribution < -0.4 is 10.0 Å². The Balaban J connectivity index is 2.90. The fraction of sp³-hybridized carbons (Fsp3) is 0.429. The van der Waals surface area contributed by atoms with Gasteiger partial charge in [-0.1, -0.05) is 30.3 Å². The average molecular weight is 344 g/mol. The summed E-state index contributed by atoms with van der Waals surface area (Å²) in [6.07, 6.45) is 0.100. The minimum absolute atomic E-state index is 0.100. The van der Waals surface area contributed by atoms with E-state index in [1.165, 1.54) is 14.0 Å². The maximum Gasteiger partial charge on any atom is 0.336 e. The highest BCUT2D eigenvalue weighted by molar-refractivity contribution is 7.84. The third-order valence-corrected chi connectivity index (χ3v) is 4.03. The molecule has 1 unspecified atom stereocenters. The van der Waals surface area contributed by atoms with Gasteiger partial charge < -0.3 is 10.1 Å². The highest BCUT2D eigenvalue weighted by atomic mass is 32.2. The molecule has 0 heterocycles. The zero-order chi connectivity index (χ0) is 17.5. The molecule has 0 aliphatic heterocycles. The van der Waals surface area contributed by atoms with Crippen LogP contribution in [0.3, 0.4) is 0 Å². The summed E-state index contributed by atoms with van der Waals surface area (Å²) < 4.78 is 34.1. The van der Waals surface area contributed by atoms with Crippen LogP contribution in [0.4, 0.5) is 0 Å². The van der Waals surface area contributed by atoms with Crippen LogP contribution in [-0.2, 0) is 35.2 Å². The van der Waals surface area contributed by atoms with Crippen molar-refractivity contribution in [2.75, 3.05) is 14.2 Å². The number of carbonyl (C=O) groups excluding carboxylic acids is 2. The van der Waals surface area contributed by atoms with Gasteiger partial charge in [0.1, 0.15) is 12.1 Å². The monoisotopic (exact) mass is 344 g/mol. The van der Waals surface area contributed by atoms with Crippen LogP contribution in [0.1, 0.15) is 12.5 Å². The minimum atomic E-state index is -4.07. The Morgan fingerprint density at radius 1 is 1.17 bits per heavy atom. The molecule has 8 nitrogen and oxygen atoms in total. The third kappa shape index (κ3) is 6.35. The van der Waals surface area contributed by atoms with E-state index < -0.39 is 34.3 Å². The van der Waals surface area contributed by atoms with Gasteiger partial charge in [0.15, 0.2) is 0 Å².